The van der Waals surface area contributed by atoms with Gasteiger partial charge in [0.05, 0.1) is 16.7 Å². The van der Waals surface area contributed by atoms with Crippen LogP contribution in [0.4, 0.5) is 5.69 Å². The molecule has 3 heterocycles. The van der Waals surface area contributed by atoms with Crippen LogP contribution in [0.25, 0.3) is 22.2 Å². The molecule has 41 heavy (non-hydrogen) atoms. The third-order valence-corrected chi connectivity index (χ3v) is 10.0. The standard InChI is InChI=1S/C23H22N3O2S2.C7H8O3S/c1-4-25-15-10-6-8-12-17(15)28-19(25)14-20-26(5-2)22(27)21(30-20)23-24(3)16-11-7-9-13-18(16)29-23;1-6-2-4-7(5-3-6)11(8,9)10/h6-14H,4-5H2,1-3H3;2-5H,1H3,(H,8,9,10)/q+1;/p-1/b23-21+;. The van der Waals surface area contributed by atoms with Gasteiger partial charge in [-0.15, -0.1) is 11.3 Å². The third kappa shape index (κ3) is 5.76. The molecule has 5 aromatic rings. The molecule has 1 aliphatic heterocycles. The number of anilines is 1. The Kier molecular flexibility index (Phi) is 8.23. The second-order valence-corrected chi connectivity index (χ2v) is 12.8. The molecular weight excluding hydrogens is 579 g/mol. The van der Waals surface area contributed by atoms with Crippen molar-refractivity contribution in [1.82, 2.24) is 4.57 Å². The van der Waals surface area contributed by atoms with Gasteiger partial charge in [0.1, 0.15) is 30.9 Å². The van der Waals surface area contributed by atoms with E-state index in [1.54, 1.807) is 23.9 Å². The molecule has 0 saturated heterocycles. The van der Waals surface area contributed by atoms with Gasteiger partial charge < -0.3 is 13.9 Å². The normalized spacial score (nSPS) is 14.8. The summed E-state index contributed by atoms with van der Waals surface area (Å²) in [6.07, 6.45) is 2.00. The van der Waals surface area contributed by atoms with Crippen molar-refractivity contribution in [3.63, 3.8) is 0 Å². The minimum atomic E-state index is -4.27. The van der Waals surface area contributed by atoms with Gasteiger partial charge in [0.15, 0.2) is 0 Å². The van der Waals surface area contributed by atoms with Crippen molar-refractivity contribution < 1.29 is 22.0 Å². The zero-order valence-corrected chi connectivity index (χ0v) is 25.5. The number of thiazole rings is 1. The maximum Gasteiger partial charge on any atom is 0.377 e. The summed E-state index contributed by atoms with van der Waals surface area (Å²) in [5.41, 5.74) is 4.03. The molecule has 0 amide bonds. The molecule has 0 N–H and O–H groups in total. The number of para-hydroxylation sites is 3. The van der Waals surface area contributed by atoms with Gasteiger partial charge in [0.2, 0.25) is 5.58 Å². The average molecular weight is 608 g/mol. The van der Waals surface area contributed by atoms with Gasteiger partial charge in [-0.3, -0.25) is 9.36 Å². The number of fused-ring (bicyclic) bond motifs is 2. The van der Waals surface area contributed by atoms with E-state index in [4.69, 9.17) is 4.42 Å². The van der Waals surface area contributed by atoms with E-state index < -0.39 is 10.1 Å². The Morgan fingerprint density at radius 1 is 1.00 bits per heavy atom. The molecule has 3 aromatic carbocycles. The molecule has 0 radical (unpaired) electrons. The van der Waals surface area contributed by atoms with E-state index in [-0.39, 0.29) is 10.5 Å². The van der Waals surface area contributed by atoms with Crippen molar-refractivity contribution in [1.29, 1.82) is 0 Å². The monoisotopic (exact) mass is 607 g/mol. The molecule has 212 valence electrons. The number of rotatable bonds is 4. The number of aromatic nitrogens is 2. The molecule has 11 heteroatoms. The minimum Gasteiger partial charge on any atom is -0.744 e. The number of hydrogen-bond donors (Lipinski definition) is 0. The fourth-order valence-electron chi connectivity index (χ4n) is 4.57. The summed E-state index contributed by atoms with van der Waals surface area (Å²) in [7, 11) is -2.24. The lowest BCUT2D eigenvalue weighted by molar-refractivity contribution is -0.674. The van der Waals surface area contributed by atoms with E-state index in [0.29, 0.717) is 6.54 Å². The Balaban J connectivity index is 0.000000259. The van der Waals surface area contributed by atoms with E-state index in [2.05, 4.69) is 34.6 Å². The lowest BCUT2D eigenvalue weighted by Gasteiger charge is -2.11. The number of nitrogens with zero attached hydrogens (tertiary/aromatic N) is 3. The number of benzene rings is 3. The van der Waals surface area contributed by atoms with Gasteiger partial charge in [-0.2, -0.15) is 4.57 Å². The van der Waals surface area contributed by atoms with E-state index in [1.165, 1.54) is 28.4 Å². The summed E-state index contributed by atoms with van der Waals surface area (Å²) in [6, 6.07) is 22.1. The van der Waals surface area contributed by atoms with Crippen LogP contribution in [0, 0.1) is 6.92 Å². The second-order valence-electron chi connectivity index (χ2n) is 9.32. The zero-order valence-electron chi connectivity index (χ0n) is 23.0. The first-order valence-corrected chi connectivity index (χ1v) is 16.1. The van der Waals surface area contributed by atoms with Crippen LogP contribution in [0.15, 0.2) is 91.8 Å². The summed E-state index contributed by atoms with van der Waals surface area (Å²) in [4.78, 5) is 16.4. The molecule has 0 spiro atoms. The van der Waals surface area contributed by atoms with E-state index in [1.807, 2.05) is 61.9 Å². The van der Waals surface area contributed by atoms with Crippen LogP contribution < -0.4 is 24.2 Å². The number of hydrogen-bond acceptors (Lipinski definition) is 8. The summed E-state index contributed by atoms with van der Waals surface area (Å²) < 4.78 is 42.9. The molecular formula is C30H29N3O5S3. The first kappa shape index (κ1) is 28.9. The van der Waals surface area contributed by atoms with Gasteiger partial charge in [-0.05, 0) is 51.1 Å². The second kappa shape index (κ2) is 11.7. The summed E-state index contributed by atoms with van der Waals surface area (Å²) >= 11 is 3.19. The molecule has 0 saturated carbocycles. The lowest BCUT2D eigenvalue weighted by Crippen LogP contribution is -2.36. The molecule has 0 atom stereocenters. The van der Waals surface area contributed by atoms with E-state index >= 15 is 0 Å². The predicted molar refractivity (Wildman–Crippen MR) is 162 cm³/mol. The van der Waals surface area contributed by atoms with Crippen molar-refractivity contribution in [3.05, 3.63) is 104 Å². The quantitative estimate of drug-likeness (QED) is 0.225. The van der Waals surface area contributed by atoms with Crippen molar-refractivity contribution in [2.75, 3.05) is 11.9 Å². The fraction of sp³-hybridized carbons (Fsp3) is 0.200. The summed E-state index contributed by atoms with van der Waals surface area (Å²) in [5, 5.41) is 0.987. The van der Waals surface area contributed by atoms with Crippen molar-refractivity contribution in [2.45, 2.75) is 43.7 Å². The largest absolute Gasteiger partial charge is 0.744 e. The molecule has 6 rings (SSSR count). The first-order valence-electron chi connectivity index (χ1n) is 13.0. The molecule has 0 unspecified atom stereocenters. The molecule has 0 aliphatic carbocycles. The highest BCUT2D eigenvalue weighted by atomic mass is 32.2. The Hall–Kier alpha value is -3.64. The first-order chi connectivity index (χ1) is 19.6. The van der Waals surface area contributed by atoms with Crippen molar-refractivity contribution in [2.24, 2.45) is 0 Å². The predicted octanol–water partition coefficient (Wildman–Crippen LogP) is 4.02. The lowest BCUT2D eigenvalue weighted by atomic mass is 10.2. The van der Waals surface area contributed by atoms with Crippen molar-refractivity contribution in [3.8, 4) is 0 Å². The van der Waals surface area contributed by atoms with Crippen molar-refractivity contribution >= 4 is 61.1 Å². The van der Waals surface area contributed by atoms with Gasteiger partial charge >= 0.3 is 5.89 Å². The zero-order chi connectivity index (χ0) is 29.3. The van der Waals surface area contributed by atoms with Crippen LogP contribution >= 0.6 is 23.1 Å². The highest BCUT2D eigenvalue weighted by molar-refractivity contribution is 8.08. The molecule has 0 bridgehead atoms. The number of oxazole rings is 1. The molecule has 8 nitrogen and oxygen atoms in total. The van der Waals surface area contributed by atoms with Crippen LogP contribution in [-0.2, 0) is 23.2 Å². The Morgan fingerprint density at radius 2 is 1.68 bits per heavy atom. The van der Waals surface area contributed by atoms with Gasteiger partial charge in [-0.25, -0.2) is 8.42 Å². The van der Waals surface area contributed by atoms with E-state index in [0.717, 1.165) is 49.0 Å². The smallest absolute Gasteiger partial charge is 0.377 e. The third-order valence-electron chi connectivity index (χ3n) is 6.67. The van der Waals surface area contributed by atoms with Gasteiger partial charge in [0.25, 0.3) is 11.1 Å². The highest BCUT2D eigenvalue weighted by Gasteiger charge is 2.25. The van der Waals surface area contributed by atoms with Crippen LogP contribution in [0.5, 0.6) is 0 Å². The highest BCUT2D eigenvalue weighted by Crippen LogP contribution is 2.44. The van der Waals surface area contributed by atoms with Crippen LogP contribution in [0.2, 0.25) is 0 Å². The average Bonchev–Trinajstić information content (AvgIpc) is 3.59. The Bertz CT molecular complexity index is 2020. The minimum absolute atomic E-state index is 0.0510. The van der Waals surface area contributed by atoms with Crippen LogP contribution in [0.3, 0.4) is 0 Å². The fourth-order valence-corrected chi connectivity index (χ4v) is 7.48. The van der Waals surface area contributed by atoms with E-state index in [9.17, 15) is 17.8 Å². The van der Waals surface area contributed by atoms with Crippen LogP contribution in [-0.4, -0.2) is 24.6 Å². The Labute approximate surface area is 246 Å². The molecule has 2 aromatic heterocycles. The SMILES string of the molecule is CCn1c(=O)/c(=C2\Sc3ccccc3N2C)s/c1=C\c1oc2ccccc2[n+]1CC.Cc1ccc(S(=O)(=O)[O-])cc1. The van der Waals surface area contributed by atoms with Crippen LogP contribution in [0.1, 0.15) is 25.3 Å². The molecule has 0 fully saturated rings. The maximum absolute atomic E-state index is 13.3. The number of thioether (sulfide) groups is 1. The summed E-state index contributed by atoms with van der Waals surface area (Å²) in [6.45, 7) is 7.34. The van der Waals surface area contributed by atoms with Gasteiger partial charge in [0, 0.05) is 24.6 Å². The van der Waals surface area contributed by atoms with Gasteiger partial charge in [-0.1, -0.05) is 53.7 Å². The number of aryl methyl sites for hydroxylation is 2. The Morgan fingerprint density at radius 3 is 2.34 bits per heavy atom. The summed E-state index contributed by atoms with van der Waals surface area (Å²) in [5.74, 6) is 0.759. The molecule has 1 aliphatic rings. The topological polar surface area (TPSA) is 99.5 Å². The maximum atomic E-state index is 13.3.